The third kappa shape index (κ3) is 9.94. The van der Waals surface area contributed by atoms with Gasteiger partial charge in [-0.15, -0.1) is 0 Å². The van der Waals surface area contributed by atoms with E-state index in [1.54, 1.807) is 0 Å². The molecule has 0 rings (SSSR count). The number of aliphatic hydroxyl groups is 1. The molecule has 0 aromatic heterocycles. The molecule has 0 unspecified atom stereocenters. The Labute approximate surface area is 101 Å². The van der Waals surface area contributed by atoms with Crippen LogP contribution in [-0.2, 0) is 0 Å². The first-order valence-corrected chi connectivity index (χ1v) is 6.14. The van der Waals surface area contributed by atoms with E-state index in [1.807, 2.05) is 7.05 Å². The average Bonchev–Trinajstić information content (AvgIpc) is 2.17. The highest BCUT2D eigenvalue weighted by Gasteiger charge is 1.95. The Hall–Kier alpha value is -0.600. The van der Waals surface area contributed by atoms with E-state index in [-0.39, 0.29) is 6.61 Å². The van der Waals surface area contributed by atoms with Crippen molar-refractivity contribution < 1.29 is 5.11 Å². The lowest BCUT2D eigenvalue weighted by molar-refractivity contribution is 0.223. The fourth-order valence-corrected chi connectivity index (χ4v) is 1.50. The van der Waals surface area contributed by atoms with Crippen LogP contribution < -0.4 is 0 Å². The second kappa shape index (κ2) is 9.61. The monoisotopic (exact) mass is 225 g/mol. The quantitative estimate of drug-likeness (QED) is 0.642. The summed E-state index contributed by atoms with van der Waals surface area (Å²) < 4.78 is 0. The van der Waals surface area contributed by atoms with E-state index >= 15 is 0 Å². The van der Waals surface area contributed by atoms with Gasteiger partial charge >= 0.3 is 0 Å². The molecule has 0 bridgehead atoms. The highest BCUT2D eigenvalue weighted by molar-refractivity contribution is 5.02. The van der Waals surface area contributed by atoms with Crippen molar-refractivity contribution in [1.82, 2.24) is 4.90 Å². The smallest absolute Gasteiger partial charge is 0.0558 e. The number of aliphatic hydroxyl groups excluding tert-OH is 1. The van der Waals surface area contributed by atoms with Gasteiger partial charge in [0.1, 0.15) is 0 Å². The standard InChI is InChI=1S/C14H27NO/c1-13(2)7-5-8-14(3)9-6-10-15(4)11-12-16/h7,9,16H,5-6,8,10-12H2,1-4H3/b14-9+. The molecule has 2 nitrogen and oxygen atoms in total. The zero-order valence-electron chi connectivity index (χ0n) is 11.3. The average molecular weight is 225 g/mol. The first kappa shape index (κ1) is 15.4. The first-order chi connectivity index (χ1) is 7.56. The zero-order chi connectivity index (χ0) is 12.4. The number of hydrogen-bond donors (Lipinski definition) is 1. The first-order valence-electron chi connectivity index (χ1n) is 6.14. The number of hydrogen-bond acceptors (Lipinski definition) is 2. The highest BCUT2D eigenvalue weighted by atomic mass is 16.3. The fourth-order valence-electron chi connectivity index (χ4n) is 1.50. The van der Waals surface area contributed by atoms with Gasteiger partial charge in [0.15, 0.2) is 0 Å². The Morgan fingerprint density at radius 3 is 2.31 bits per heavy atom. The maximum Gasteiger partial charge on any atom is 0.0558 e. The third-order valence-electron chi connectivity index (χ3n) is 2.58. The summed E-state index contributed by atoms with van der Waals surface area (Å²) in [6.45, 7) is 8.53. The molecule has 0 aliphatic rings. The molecule has 0 radical (unpaired) electrons. The largest absolute Gasteiger partial charge is 0.395 e. The van der Waals surface area contributed by atoms with E-state index in [1.165, 1.54) is 11.1 Å². The molecular formula is C14H27NO. The Kier molecular flexibility index (Phi) is 9.25. The molecule has 0 fully saturated rings. The van der Waals surface area contributed by atoms with Crippen molar-refractivity contribution in [3.05, 3.63) is 23.3 Å². The van der Waals surface area contributed by atoms with Gasteiger partial charge in [0.05, 0.1) is 6.61 Å². The van der Waals surface area contributed by atoms with Gasteiger partial charge in [0, 0.05) is 13.1 Å². The van der Waals surface area contributed by atoms with Crippen molar-refractivity contribution in [3.8, 4) is 0 Å². The lowest BCUT2D eigenvalue weighted by Gasteiger charge is -2.13. The van der Waals surface area contributed by atoms with Crippen LogP contribution in [0.25, 0.3) is 0 Å². The molecule has 0 saturated carbocycles. The van der Waals surface area contributed by atoms with E-state index in [4.69, 9.17) is 5.11 Å². The van der Waals surface area contributed by atoms with Gasteiger partial charge in [0.2, 0.25) is 0 Å². The summed E-state index contributed by atoms with van der Waals surface area (Å²) in [7, 11) is 2.04. The van der Waals surface area contributed by atoms with Crippen LogP contribution in [0.4, 0.5) is 0 Å². The molecule has 2 heteroatoms. The Balaban J connectivity index is 3.66. The lowest BCUT2D eigenvalue weighted by atomic mass is 10.1. The molecule has 1 N–H and O–H groups in total. The summed E-state index contributed by atoms with van der Waals surface area (Å²) in [5.74, 6) is 0. The summed E-state index contributed by atoms with van der Waals surface area (Å²) in [6.07, 6.45) is 7.99. The zero-order valence-corrected chi connectivity index (χ0v) is 11.3. The van der Waals surface area contributed by atoms with Crippen molar-refractivity contribution in [3.63, 3.8) is 0 Å². The van der Waals surface area contributed by atoms with Crippen LogP contribution in [0.2, 0.25) is 0 Å². The van der Waals surface area contributed by atoms with Gasteiger partial charge in [0.25, 0.3) is 0 Å². The second-order valence-corrected chi connectivity index (χ2v) is 4.69. The van der Waals surface area contributed by atoms with Crippen LogP contribution >= 0.6 is 0 Å². The molecule has 0 amide bonds. The Bertz CT molecular complexity index is 227. The van der Waals surface area contributed by atoms with Gasteiger partial charge < -0.3 is 10.0 Å². The van der Waals surface area contributed by atoms with E-state index in [2.05, 4.69) is 37.8 Å². The predicted molar refractivity (Wildman–Crippen MR) is 71.6 cm³/mol. The summed E-state index contributed by atoms with van der Waals surface area (Å²) in [4.78, 5) is 2.15. The topological polar surface area (TPSA) is 23.5 Å². The normalized spacial score (nSPS) is 12.0. The van der Waals surface area contributed by atoms with E-state index < -0.39 is 0 Å². The molecule has 0 aromatic carbocycles. The Morgan fingerprint density at radius 2 is 1.75 bits per heavy atom. The van der Waals surface area contributed by atoms with Gasteiger partial charge in [-0.1, -0.05) is 23.3 Å². The summed E-state index contributed by atoms with van der Waals surface area (Å²) in [6, 6.07) is 0. The third-order valence-corrected chi connectivity index (χ3v) is 2.58. The number of nitrogens with zero attached hydrogens (tertiary/aromatic N) is 1. The molecule has 0 aliphatic heterocycles. The van der Waals surface area contributed by atoms with Crippen molar-refractivity contribution in [2.75, 3.05) is 26.7 Å². The molecule has 0 atom stereocenters. The van der Waals surface area contributed by atoms with Crippen molar-refractivity contribution >= 4 is 0 Å². The fraction of sp³-hybridized carbons (Fsp3) is 0.714. The minimum atomic E-state index is 0.250. The number of allylic oxidation sites excluding steroid dienone is 3. The second-order valence-electron chi connectivity index (χ2n) is 4.69. The van der Waals surface area contributed by atoms with Gasteiger partial charge in [-0.25, -0.2) is 0 Å². The van der Waals surface area contributed by atoms with Crippen LogP contribution in [0.3, 0.4) is 0 Å². The van der Waals surface area contributed by atoms with Crippen molar-refractivity contribution in [1.29, 1.82) is 0 Å². The van der Waals surface area contributed by atoms with Crippen LogP contribution in [-0.4, -0.2) is 36.8 Å². The molecule has 0 saturated heterocycles. The molecule has 94 valence electrons. The van der Waals surface area contributed by atoms with Crippen LogP contribution in [0.5, 0.6) is 0 Å². The summed E-state index contributed by atoms with van der Waals surface area (Å²) >= 11 is 0. The molecular weight excluding hydrogens is 198 g/mol. The van der Waals surface area contributed by atoms with Gasteiger partial charge in [-0.05, 0) is 47.1 Å². The molecule has 0 aliphatic carbocycles. The SMILES string of the molecule is CC(C)=CCC/C(C)=C/CCN(C)CCO. The minimum absolute atomic E-state index is 0.250. The molecule has 16 heavy (non-hydrogen) atoms. The minimum Gasteiger partial charge on any atom is -0.395 e. The maximum absolute atomic E-state index is 8.75. The molecule has 0 spiro atoms. The van der Waals surface area contributed by atoms with Gasteiger partial charge in [-0.2, -0.15) is 0 Å². The summed E-state index contributed by atoms with van der Waals surface area (Å²) in [5.41, 5.74) is 2.87. The van der Waals surface area contributed by atoms with Gasteiger partial charge in [-0.3, -0.25) is 0 Å². The molecule has 0 heterocycles. The van der Waals surface area contributed by atoms with E-state index in [0.29, 0.717) is 0 Å². The van der Waals surface area contributed by atoms with Crippen LogP contribution in [0.15, 0.2) is 23.3 Å². The lowest BCUT2D eigenvalue weighted by Crippen LogP contribution is -2.22. The van der Waals surface area contributed by atoms with Crippen LogP contribution in [0, 0.1) is 0 Å². The highest BCUT2D eigenvalue weighted by Crippen LogP contribution is 2.07. The number of likely N-dealkylation sites (N-methyl/N-ethyl adjacent to an activating group) is 1. The predicted octanol–water partition coefficient (Wildman–Crippen LogP) is 2.99. The Morgan fingerprint density at radius 1 is 1.06 bits per heavy atom. The summed E-state index contributed by atoms with van der Waals surface area (Å²) in [5, 5.41) is 8.75. The maximum atomic E-state index is 8.75. The number of rotatable bonds is 8. The van der Waals surface area contributed by atoms with Crippen molar-refractivity contribution in [2.45, 2.75) is 40.0 Å². The van der Waals surface area contributed by atoms with E-state index in [9.17, 15) is 0 Å². The molecule has 0 aromatic rings. The van der Waals surface area contributed by atoms with Crippen LogP contribution in [0.1, 0.15) is 40.0 Å². The van der Waals surface area contributed by atoms with E-state index in [0.717, 1.165) is 32.4 Å². The van der Waals surface area contributed by atoms with Crippen molar-refractivity contribution in [2.24, 2.45) is 0 Å².